The maximum Gasteiger partial charge on any atom is 0.133 e. The monoisotopic (exact) mass is 296 g/mol. The number of carbonyl (C=O) groups excluding carboxylic acids is 4. The highest BCUT2D eigenvalue weighted by atomic mass is 16.1. The third-order valence-corrected chi connectivity index (χ3v) is 3.94. The second-order valence-electron chi connectivity index (χ2n) is 6.37. The van der Waals surface area contributed by atoms with Crippen molar-refractivity contribution in [1.82, 2.24) is 0 Å². The molecule has 4 nitrogen and oxygen atoms in total. The smallest absolute Gasteiger partial charge is 0.133 e. The van der Waals surface area contributed by atoms with Crippen LogP contribution < -0.4 is 0 Å². The quantitative estimate of drug-likeness (QED) is 0.587. The van der Waals surface area contributed by atoms with Gasteiger partial charge in [-0.3, -0.25) is 14.4 Å². The van der Waals surface area contributed by atoms with Gasteiger partial charge in [0.15, 0.2) is 0 Å². The van der Waals surface area contributed by atoms with E-state index in [2.05, 4.69) is 0 Å². The van der Waals surface area contributed by atoms with Gasteiger partial charge >= 0.3 is 0 Å². The van der Waals surface area contributed by atoms with Gasteiger partial charge in [0.05, 0.1) is 0 Å². The van der Waals surface area contributed by atoms with Crippen LogP contribution in [0.5, 0.6) is 0 Å². The summed E-state index contributed by atoms with van der Waals surface area (Å²) in [4.78, 5) is 45.8. The number of Topliss-reactive ketones (excluding diaryl/α,β-unsaturated/α-hetero) is 4. The van der Waals surface area contributed by atoms with Gasteiger partial charge in [-0.15, -0.1) is 0 Å². The zero-order valence-electron chi connectivity index (χ0n) is 13.9. The molecule has 0 N–H and O–H groups in total. The molecule has 0 aliphatic carbocycles. The molecule has 4 heteroatoms. The van der Waals surface area contributed by atoms with E-state index in [-0.39, 0.29) is 53.7 Å². The third-order valence-electron chi connectivity index (χ3n) is 3.94. The van der Waals surface area contributed by atoms with Crippen molar-refractivity contribution < 1.29 is 19.2 Å². The zero-order chi connectivity index (χ0) is 16.6. The topological polar surface area (TPSA) is 68.3 Å². The Hall–Kier alpha value is -1.32. The molecule has 0 radical (unpaired) electrons. The first-order chi connectivity index (χ1) is 9.63. The summed E-state index contributed by atoms with van der Waals surface area (Å²) in [7, 11) is 0. The van der Waals surface area contributed by atoms with E-state index in [1.54, 1.807) is 0 Å². The molecule has 0 aliphatic heterocycles. The summed E-state index contributed by atoms with van der Waals surface area (Å²) < 4.78 is 0. The van der Waals surface area contributed by atoms with Gasteiger partial charge in [0.2, 0.25) is 0 Å². The molecular weight excluding hydrogens is 268 g/mol. The van der Waals surface area contributed by atoms with Crippen LogP contribution in [0.2, 0.25) is 0 Å². The van der Waals surface area contributed by atoms with Crippen molar-refractivity contribution in [2.45, 2.75) is 66.7 Å². The Bertz CT molecular complexity index is 398. The molecule has 0 saturated carbocycles. The average Bonchev–Trinajstić information content (AvgIpc) is 2.33. The Morgan fingerprint density at radius 3 is 1.67 bits per heavy atom. The molecule has 0 fully saturated rings. The lowest BCUT2D eigenvalue weighted by Crippen LogP contribution is -2.19. The van der Waals surface area contributed by atoms with Crippen molar-refractivity contribution in [3.63, 3.8) is 0 Å². The second kappa shape index (κ2) is 9.59. The van der Waals surface area contributed by atoms with Crippen LogP contribution >= 0.6 is 0 Å². The number of hydrogen-bond acceptors (Lipinski definition) is 4. The highest BCUT2D eigenvalue weighted by Gasteiger charge is 2.20. The molecule has 0 aromatic rings. The van der Waals surface area contributed by atoms with Gasteiger partial charge in [-0.2, -0.15) is 0 Å². The molecule has 120 valence electrons. The van der Waals surface area contributed by atoms with Crippen molar-refractivity contribution in [3.05, 3.63) is 0 Å². The standard InChI is InChI=1S/C17H28O4/c1-11(8-13(3)18)9-16(20)6-7-17(21)10-12(2)14(4)15(5)19/h11-12,14H,6-10H2,1-5H3. The van der Waals surface area contributed by atoms with Crippen LogP contribution in [0.4, 0.5) is 0 Å². The van der Waals surface area contributed by atoms with E-state index in [1.165, 1.54) is 13.8 Å². The normalized spacial score (nSPS) is 15.1. The number of carbonyl (C=O) groups is 4. The van der Waals surface area contributed by atoms with E-state index >= 15 is 0 Å². The molecule has 0 aliphatic rings. The predicted molar refractivity (Wildman–Crippen MR) is 82.0 cm³/mol. The average molecular weight is 296 g/mol. The fourth-order valence-electron chi connectivity index (χ4n) is 2.37. The van der Waals surface area contributed by atoms with E-state index in [0.29, 0.717) is 19.3 Å². The van der Waals surface area contributed by atoms with Gasteiger partial charge in [0.1, 0.15) is 23.1 Å². The molecule has 0 saturated heterocycles. The van der Waals surface area contributed by atoms with Gasteiger partial charge in [0.25, 0.3) is 0 Å². The first-order valence-electron chi connectivity index (χ1n) is 7.66. The summed E-state index contributed by atoms with van der Waals surface area (Å²) in [6.07, 6.45) is 1.58. The second-order valence-corrected chi connectivity index (χ2v) is 6.37. The summed E-state index contributed by atoms with van der Waals surface area (Å²) in [6.45, 7) is 8.64. The molecule has 0 aromatic heterocycles. The van der Waals surface area contributed by atoms with Crippen LogP contribution in [0.25, 0.3) is 0 Å². The van der Waals surface area contributed by atoms with Crippen molar-refractivity contribution >= 4 is 23.1 Å². The molecule has 3 unspecified atom stereocenters. The largest absolute Gasteiger partial charge is 0.300 e. The van der Waals surface area contributed by atoms with E-state index in [1.807, 2.05) is 20.8 Å². The summed E-state index contributed by atoms with van der Waals surface area (Å²) in [6, 6.07) is 0. The number of rotatable bonds is 11. The third kappa shape index (κ3) is 9.27. The molecule has 0 spiro atoms. The summed E-state index contributed by atoms with van der Waals surface area (Å²) in [5, 5.41) is 0. The van der Waals surface area contributed by atoms with E-state index in [9.17, 15) is 19.2 Å². The van der Waals surface area contributed by atoms with E-state index in [4.69, 9.17) is 0 Å². The van der Waals surface area contributed by atoms with Crippen LogP contribution in [0.1, 0.15) is 66.7 Å². The van der Waals surface area contributed by atoms with Crippen molar-refractivity contribution in [2.75, 3.05) is 0 Å². The van der Waals surface area contributed by atoms with Gasteiger partial charge in [0, 0.05) is 38.0 Å². The van der Waals surface area contributed by atoms with Crippen molar-refractivity contribution in [3.8, 4) is 0 Å². The molecule has 3 atom stereocenters. The Labute approximate surface area is 127 Å². The van der Waals surface area contributed by atoms with E-state index < -0.39 is 0 Å². The minimum atomic E-state index is -0.125. The van der Waals surface area contributed by atoms with Crippen molar-refractivity contribution in [2.24, 2.45) is 17.8 Å². The highest BCUT2D eigenvalue weighted by molar-refractivity contribution is 5.87. The summed E-state index contributed by atoms with van der Waals surface area (Å²) >= 11 is 0. The Morgan fingerprint density at radius 2 is 1.24 bits per heavy atom. The Kier molecular flexibility index (Phi) is 8.98. The maximum atomic E-state index is 11.8. The fourth-order valence-corrected chi connectivity index (χ4v) is 2.37. The first kappa shape index (κ1) is 19.7. The number of ketones is 4. The molecule has 21 heavy (non-hydrogen) atoms. The first-order valence-corrected chi connectivity index (χ1v) is 7.66. The lowest BCUT2D eigenvalue weighted by atomic mass is 9.87. The van der Waals surface area contributed by atoms with Crippen LogP contribution in [0, 0.1) is 17.8 Å². The number of hydrogen-bond donors (Lipinski definition) is 0. The maximum absolute atomic E-state index is 11.8. The van der Waals surface area contributed by atoms with Crippen molar-refractivity contribution in [1.29, 1.82) is 0 Å². The minimum Gasteiger partial charge on any atom is -0.300 e. The SMILES string of the molecule is CC(=O)CC(C)CC(=O)CCC(=O)CC(C)C(C)C(C)=O. The minimum absolute atomic E-state index is 0.0155. The summed E-state index contributed by atoms with van der Waals surface area (Å²) in [5.74, 6) is 0.166. The van der Waals surface area contributed by atoms with Crippen LogP contribution in [-0.4, -0.2) is 23.1 Å². The zero-order valence-corrected chi connectivity index (χ0v) is 13.9. The fraction of sp³-hybridized carbons (Fsp3) is 0.765. The Morgan fingerprint density at radius 1 is 0.762 bits per heavy atom. The highest BCUT2D eigenvalue weighted by Crippen LogP contribution is 2.18. The van der Waals surface area contributed by atoms with Gasteiger partial charge in [-0.05, 0) is 25.7 Å². The molecule has 0 bridgehead atoms. The molecule has 0 aromatic carbocycles. The van der Waals surface area contributed by atoms with Crippen LogP contribution in [-0.2, 0) is 19.2 Å². The van der Waals surface area contributed by atoms with E-state index in [0.717, 1.165) is 0 Å². The molecule has 0 amide bonds. The lowest BCUT2D eigenvalue weighted by Gasteiger charge is -2.16. The molecular formula is C17H28O4. The molecule has 0 heterocycles. The van der Waals surface area contributed by atoms with Crippen LogP contribution in [0.15, 0.2) is 0 Å². The van der Waals surface area contributed by atoms with Gasteiger partial charge in [-0.25, -0.2) is 0 Å². The Balaban J connectivity index is 4.05. The summed E-state index contributed by atoms with van der Waals surface area (Å²) in [5.41, 5.74) is 0. The predicted octanol–water partition coefficient (Wildman–Crippen LogP) is 3.16. The van der Waals surface area contributed by atoms with Crippen LogP contribution in [0.3, 0.4) is 0 Å². The molecule has 0 rings (SSSR count). The lowest BCUT2D eigenvalue weighted by molar-refractivity contribution is -0.127. The van der Waals surface area contributed by atoms with Gasteiger partial charge in [-0.1, -0.05) is 20.8 Å². The van der Waals surface area contributed by atoms with Gasteiger partial charge < -0.3 is 4.79 Å².